The van der Waals surface area contributed by atoms with Crippen LogP contribution >= 0.6 is 11.3 Å². The van der Waals surface area contributed by atoms with Gasteiger partial charge in [-0.05, 0) is 38.3 Å². The van der Waals surface area contributed by atoms with Gasteiger partial charge < -0.3 is 14.7 Å². The molecule has 2 aromatic heterocycles. The maximum Gasteiger partial charge on any atom is 0.262 e. The summed E-state index contributed by atoms with van der Waals surface area (Å²) in [6.45, 7) is 4.99. The second kappa shape index (κ2) is 8.43. The van der Waals surface area contributed by atoms with Crippen LogP contribution in [0.3, 0.4) is 0 Å². The van der Waals surface area contributed by atoms with E-state index in [1.807, 2.05) is 38.1 Å². The van der Waals surface area contributed by atoms with Gasteiger partial charge >= 0.3 is 0 Å². The van der Waals surface area contributed by atoms with Crippen LogP contribution in [0.5, 0.6) is 5.75 Å². The SMILES string of the molecule is COc1ccccc1CC(=O)N1CCC(O)(Cn2cnc3sc(C)c(C)c3c2=O)CC1. The molecule has 1 saturated heterocycles. The van der Waals surface area contributed by atoms with Crippen molar-refractivity contribution in [2.45, 2.75) is 45.3 Å². The van der Waals surface area contributed by atoms with E-state index >= 15 is 0 Å². The van der Waals surface area contributed by atoms with Gasteiger partial charge in [0.05, 0.1) is 37.4 Å². The van der Waals surface area contributed by atoms with E-state index in [9.17, 15) is 14.7 Å². The standard InChI is InChI=1S/C23H27N3O4S/c1-15-16(2)31-21-20(15)22(28)26(14-24-21)13-23(29)8-10-25(11-9-23)19(27)12-17-6-4-5-7-18(17)30-3/h4-7,14,29H,8-13H2,1-3H3. The summed E-state index contributed by atoms with van der Waals surface area (Å²) >= 11 is 1.51. The first kappa shape index (κ1) is 21.5. The van der Waals surface area contributed by atoms with Crippen LogP contribution in [0.2, 0.25) is 0 Å². The minimum atomic E-state index is -1.04. The number of aliphatic hydroxyl groups is 1. The lowest BCUT2D eigenvalue weighted by molar-refractivity contribution is -0.135. The number of amides is 1. The summed E-state index contributed by atoms with van der Waals surface area (Å²) in [4.78, 5) is 33.7. The highest BCUT2D eigenvalue weighted by Crippen LogP contribution is 2.28. The molecule has 8 heteroatoms. The van der Waals surface area contributed by atoms with Gasteiger partial charge in [-0.3, -0.25) is 14.2 Å². The number of piperidine rings is 1. The van der Waals surface area contributed by atoms with Crippen molar-refractivity contribution in [2.75, 3.05) is 20.2 Å². The molecule has 3 aromatic rings. The van der Waals surface area contributed by atoms with Crippen molar-refractivity contribution in [3.05, 3.63) is 57.0 Å². The largest absolute Gasteiger partial charge is 0.496 e. The van der Waals surface area contributed by atoms with Crippen molar-refractivity contribution >= 4 is 27.5 Å². The predicted octanol–water partition coefficient (Wildman–Crippen LogP) is 2.68. The lowest BCUT2D eigenvalue weighted by atomic mass is 9.91. The first-order valence-corrected chi connectivity index (χ1v) is 11.2. The molecule has 0 saturated carbocycles. The van der Waals surface area contributed by atoms with Crippen LogP contribution in [0.4, 0.5) is 0 Å². The molecule has 3 heterocycles. The number of hydrogen-bond acceptors (Lipinski definition) is 6. The third kappa shape index (κ3) is 4.22. The van der Waals surface area contributed by atoms with Gasteiger partial charge in [0.2, 0.25) is 5.91 Å². The summed E-state index contributed by atoms with van der Waals surface area (Å²) in [5.41, 5.74) is 0.646. The number of hydrogen-bond donors (Lipinski definition) is 1. The van der Waals surface area contributed by atoms with E-state index in [4.69, 9.17) is 4.74 Å². The Morgan fingerprint density at radius 2 is 1.97 bits per heavy atom. The molecule has 1 aliphatic rings. The van der Waals surface area contributed by atoms with Gasteiger partial charge in [-0.2, -0.15) is 0 Å². The second-order valence-electron chi connectivity index (χ2n) is 8.23. The van der Waals surface area contributed by atoms with Crippen LogP contribution in [0.15, 0.2) is 35.4 Å². The van der Waals surface area contributed by atoms with Crippen molar-refractivity contribution in [3.8, 4) is 5.75 Å². The zero-order valence-corrected chi connectivity index (χ0v) is 18.9. The highest BCUT2D eigenvalue weighted by atomic mass is 32.1. The van der Waals surface area contributed by atoms with E-state index in [-0.39, 0.29) is 24.4 Å². The molecule has 1 amide bonds. The average Bonchev–Trinajstić information content (AvgIpc) is 3.05. The molecule has 7 nitrogen and oxygen atoms in total. The molecular weight excluding hydrogens is 414 g/mol. The number of nitrogens with zero attached hydrogens (tertiary/aromatic N) is 3. The van der Waals surface area contributed by atoms with Gasteiger partial charge in [-0.15, -0.1) is 11.3 Å². The minimum absolute atomic E-state index is 0.0103. The molecule has 0 unspecified atom stereocenters. The fourth-order valence-corrected chi connectivity index (χ4v) is 5.14. The van der Waals surface area contributed by atoms with Crippen LogP contribution in [-0.4, -0.2) is 51.3 Å². The highest BCUT2D eigenvalue weighted by Gasteiger charge is 2.35. The van der Waals surface area contributed by atoms with Crippen molar-refractivity contribution in [1.29, 1.82) is 0 Å². The van der Waals surface area contributed by atoms with Crippen LogP contribution in [0, 0.1) is 13.8 Å². The fourth-order valence-electron chi connectivity index (χ4n) is 4.15. The van der Waals surface area contributed by atoms with E-state index < -0.39 is 5.60 Å². The van der Waals surface area contributed by atoms with Crippen LogP contribution in [0.1, 0.15) is 28.8 Å². The second-order valence-corrected chi connectivity index (χ2v) is 9.44. The number of fused-ring (bicyclic) bond motifs is 1. The van der Waals surface area contributed by atoms with Gasteiger partial charge in [-0.25, -0.2) is 4.98 Å². The van der Waals surface area contributed by atoms with Gasteiger partial charge in [0.15, 0.2) is 0 Å². The number of likely N-dealkylation sites (tertiary alicyclic amines) is 1. The summed E-state index contributed by atoms with van der Waals surface area (Å²) < 4.78 is 6.84. The Kier molecular flexibility index (Phi) is 5.85. The average molecular weight is 442 g/mol. The number of methoxy groups -OCH3 is 1. The summed E-state index contributed by atoms with van der Waals surface area (Å²) in [5, 5.41) is 11.8. The number of rotatable bonds is 5. The molecule has 0 spiro atoms. The molecule has 0 bridgehead atoms. The number of ether oxygens (including phenoxy) is 1. The lowest BCUT2D eigenvalue weighted by Crippen LogP contribution is -2.50. The first-order valence-electron chi connectivity index (χ1n) is 10.4. The number of carbonyl (C=O) groups excluding carboxylic acids is 1. The quantitative estimate of drug-likeness (QED) is 0.658. The zero-order chi connectivity index (χ0) is 22.2. The topological polar surface area (TPSA) is 84.7 Å². The lowest BCUT2D eigenvalue weighted by Gasteiger charge is -2.38. The third-order valence-electron chi connectivity index (χ3n) is 6.20. The number of benzene rings is 1. The van der Waals surface area contributed by atoms with Crippen molar-refractivity contribution in [2.24, 2.45) is 0 Å². The summed E-state index contributed by atoms with van der Waals surface area (Å²) in [6.07, 6.45) is 2.62. The summed E-state index contributed by atoms with van der Waals surface area (Å²) in [6, 6.07) is 7.50. The van der Waals surface area contributed by atoms with Crippen molar-refractivity contribution < 1.29 is 14.6 Å². The molecular formula is C23H27N3O4S. The van der Waals surface area contributed by atoms with E-state index in [0.717, 1.165) is 20.8 Å². The highest BCUT2D eigenvalue weighted by molar-refractivity contribution is 7.18. The number of para-hydroxylation sites is 1. The maximum atomic E-state index is 13.0. The smallest absolute Gasteiger partial charge is 0.262 e. The predicted molar refractivity (Wildman–Crippen MR) is 121 cm³/mol. The van der Waals surface area contributed by atoms with E-state index in [1.54, 1.807) is 12.0 Å². The summed E-state index contributed by atoms with van der Waals surface area (Å²) in [7, 11) is 1.59. The minimum Gasteiger partial charge on any atom is -0.496 e. The maximum absolute atomic E-state index is 13.0. The fraction of sp³-hybridized carbons (Fsp3) is 0.435. The monoisotopic (exact) mass is 441 g/mol. The molecule has 4 rings (SSSR count). The third-order valence-corrected chi connectivity index (χ3v) is 7.32. The molecule has 0 atom stereocenters. The zero-order valence-electron chi connectivity index (χ0n) is 18.1. The molecule has 0 radical (unpaired) electrons. The molecule has 0 aliphatic carbocycles. The molecule has 1 fully saturated rings. The Balaban J connectivity index is 1.44. The van der Waals surface area contributed by atoms with Gasteiger partial charge in [0.25, 0.3) is 5.56 Å². The normalized spacial score (nSPS) is 15.9. The van der Waals surface area contributed by atoms with Crippen LogP contribution < -0.4 is 10.3 Å². The molecule has 164 valence electrons. The number of carbonyl (C=O) groups is 1. The van der Waals surface area contributed by atoms with Crippen molar-refractivity contribution in [3.63, 3.8) is 0 Å². The van der Waals surface area contributed by atoms with Crippen LogP contribution in [-0.2, 0) is 17.8 Å². The Hall–Kier alpha value is -2.71. The van der Waals surface area contributed by atoms with Crippen LogP contribution in [0.25, 0.3) is 10.2 Å². The number of aromatic nitrogens is 2. The Labute approximate surface area is 184 Å². The van der Waals surface area contributed by atoms with E-state index in [1.165, 1.54) is 22.2 Å². The first-order chi connectivity index (χ1) is 14.8. The molecule has 1 N–H and O–H groups in total. The molecule has 1 aliphatic heterocycles. The Morgan fingerprint density at radius 3 is 2.68 bits per heavy atom. The summed E-state index contributed by atoms with van der Waals surface area (Å²) in [5.74, 6) is 0.710. The van der Waals surface area contributed by atoms with E-state index in [0.29, 0.717) is 37.1 Å². The number of aryl methyl sites for hydroxylation is 2. The molecule has 31 heavy (non-hydrogen) atoms. The molecule has 1 aromatic carbocycles. The Bertz CT molecular complexity index is 1180. The van der Waals surface area contributed by atoms with Gasteiger partial charge in [0.1, 0.15) is 10.6 Å². The number of thiophene rings is 1. The van der Waals surface area contributed by atoms with Gasteiger partial charge in [-0.1, -0.05) is 18.2 Å². The van der Waals surface area contributed by atoms with Crippen molar-refractivity contribution in [1.82, 2.24) is 14.5 Å². The van der Waals surface area contributed by atoms with E-state index in [2.05, 4.69) is 4.98 Å². The van der Waals surface area contributed by atoms with Gasteiger partial charge in [0, 0.05) is 23.5 Å². The Morgan fingerprint density at radius 1 is 1.26 bits per heavy atom.